The number of ether oxygens (including phenoxy) is 1. The van der Waals surface area contributed by atoms with Gasteiger partial charge in [-0.1, -0.05) is 30.3 Å². The van der Waals surface area contributed by atoms with Crippen molar-refractivity contribution in [2.45, 2.75) is 31.9 Å². The van der Waals surface area contributed by atoms with Gasteiger partial charge in [-0.2, -0.15) is 12.7 Å². The van der Waals surface area contributed by atoms with Crippen LogP contribution in [0.25, 0.3) is 0 Å². The van der Waals surface area contributed by atoms with Crippen LogP contribution in [-0.4, -0.2) is 31.3 Å². The Labute approximate surface area is 123 Å². The first-order valence-corrected chi connectivity index (χ1v) is 8.67. The van der Waals surface area contributed by atoms with Crippen LogP contribution in [-0.2, 0) is 25.4 Å². The highest BCUT2D eigenvalue weighted by Crippen LogP contribution is 2.23. The molecule has 0 saturated carbocycles. The van der Waals surface area contributed by atoms with Gasteiger partial charge in [-0.15, -0.1) is 0 Å². The molecule has 1 unspecified atom stereocenters. The Hall–Kier alpha value is -1.11. The van der Waals surface area contributed by atoms with Gasteiger partial charge >= 0.3 is 15.2 Å². The molecule has 0 radical (unpaired) electrons. The maximum absolute atomic E-state index is 12.0. The van der Waals surface area contributed by atoms with Gasteiger partial charge in [0.1, 0.15) is 12.6 Å². The number of rotatable bonds is 4. The van der Waals surface area contributed by atoms with E-state index in [-0.39, 0.29) is 13.2 Å². The number of carbonyl (C=O) groups is 1. The summed E-state index contributed by atoms with van der Waals surface area (Å²) in [5.74, 6) is -0.544. The zero-order valence-electron chi connectivity index (χ0n) is 10.9. The van der Waals surface area contributed by atoms with Crippen LogP contribution in [0.3, 0.4) is 0 Å². The fourth-order valence-electron chi connectivity index (χ4n) is 2.23. The number of hydrogen-bond acceptors (Lipinski definition) is 4. The summed E-state index contributed by atoms with van der Waals surface area (Å²) >= 11 is 0. The van der Waals surface area contributed by atoms with Crippen LogP contribution in [0, 0.1) is 0 Å². The fourth-order valence-corrected chi connectivity index (χ4v) is 3.56. The van der Waals surface area contributed by atoms with Crippen LogP contribution in [0.5, 0.6) is 0 Å². The summed E-state index contributed by atoms with van der Waals surface area (Å²) in [4.78, 5) is 12.0. The van der Waals surface area contributed by atoms with Crippen LogP contribution < -0.4 is 0 Å². The Bertz CT molecular complexity index is 561. The van der Waals surface area contributed by atoms with E-state index in [1.54, 1.807) is 0 Å². The summed E-state index contributed by atoms with van der Waals surface area (Å²) < 4.78 is 29.1. The lowest BCUT2D eigenvalue weighted by molar-refractivity contribution is -0.150. The second-order valence-corrected chi connectivity index (χ2v) is 7.12. The molecule has 0 spiro atoms. The number of benzene rings is 1. The number of halogens is 1. The summed E-state index contributed by atoms with van der Waals surface area (Å²) in [6.07, 6.45) is 1.93. The second kappa shape index (κ2) is 6.56. The Morgan fingerprint density at radius 2 is 2.00 bits per heavy atom. The van der Waals surface area contributed by atoms with Gasteiger partial charge in [-0.3, -0.25) is 4.79 Å². The van der Waals surface area contributed by atoms with Gasteiger partial charge in [0.15, 0.2) is 0 Å². The molecule has 0 aliphatic carbocycles. The lowest BCUT2D eigenvalue weighted by atomic mass is 10.1. The molecule has 1 aliphatic rings. The maximum Gasteiger partial charge on any atom is 0.324 e. The lowest BCUT2D eigenvalue weighted by Crippen LogP contribution is -2.46. The van der Waals surface area contributed by atoms with Gasteiger partial charge in [0.2, 0.25) is 0 Å². The molecule has 0 bridgehead atoms. The Balaban J connectivity index is 2.00. The van der Waals surface area contributed by atoms with E-state index in [0.717, 1.165) is 16.3 Å². The molecule has 1 heterocycles. The normalized spacial score (nSPS) is 20.6. The van der Waals surface area contributed by atoms with Gasteiger partial charge in [0.25, 0.3) is 0 Å². The van der Waals surface area contributed by atoms with Crippen LogP contribution in [0.15, 0.2) is 30.3 Å². The summed E-state index contributed by atoms with van der Waals surface area (Å²) in [7, 11) is 1.46. The molecule has 110 valence electrons. The molecule has 20 heavy (non-hydrogen) atoms. The smallest absolute Gasteiger partial charge is 0.324 e. The topological polar surface area (TPSA) is 63.7 Å². The molecule has 1 aromatic carbocycles. The standard InChI is InChI=1S/C13H16ClNO4S/c14-20(17,18)15-9-5-4-8-12(15)13(16)19-10-11-6-2-1-3-7-11/h1-3,6-7,12H,4-5,8-10H2. The zero-order chi connectivity index (χ0) is 14.6. The molecule has 0 amide bonds. The maximum atomic E-state index is 12.0. The summed E-state index contributed by atoms with van der Waals surface area (Å²) in [6, 6.07) is 8.43. The van der Waals surface area contributed by atoms with E-state index < -0.39 is 21.2 Å². The van der Waals surface area contributed by atoms with Crippen molar-refractivity contribution in [2.24, 2.45) is 0 Å². The summed E-state index contributed by atoms with van der Waals surface area (Å²) in [5.41, 5.74) is 0.858. The number of piperidine rings is 1. The predicted octanol–water partition coefficient (Wildman–Crippen LogP) is 2.07. The highest BCUT2D eigenvalue weighted by atomic mass is 35.7. The van der Waals surface area contributed by atoms with E-state index in [0.29, 0.717) is 12.8 Å². The minimum absolute atomic E-state index is 0.131. The Morgan fingerprint density at radius 3 is 2.65 bits per heavy atom. The number of esters is 1. The first-order valence-electron chi connectivity index (χ1n) is 6.40. The van der Waals surface area contributed by atoms with E-state index in [1.807, 2.05) is 30.3 Å². The van der Waals surface area contributed by atoms with Crippen molar-refractivity contribution in [1.29, 1.82) is 0 Å². The summed E-state index contributed by atoms with van der Waals surface area (Å²) in [5, 5.41) is 0. The van der Waals surface area contributed by atoms with Crippen LogP contribution in [0.4, 0.5) is 0 Å². The lowest BCUT2D eigenvalue weighted by Gasteiger charge is -2.30. The molecule has 0 N–H and O–H groups in total. The molecule has 1 fully saturated rings. The van der Waals surface area contributed by atoms with Crippen LogP contribution >= 0.6 is 10.7 Å². The van der Waals surface area contributed by atoms with Crippen molar-refractivity contribution in [3.05, 3.63) is 35.9 Å². The van der Waals surface area contributed by atoms with E-state index >= 15 is 0 Å². The monoisotopic (exact) mass is 317 g/mol. The number of hydrogen-bond donors (Lipinski definition) is 0. The zero-order valence-corrected chi connectivity index (χ0v) is 12.4. The minimum atomic E-state index is -3.90. The van der Waals surface area contributed by atoms with Gasteiger partial charge in [-0.05, 0) is 24.8 Å². The van der Waals surface area contributed by atoms with E-state index in [2.05, 4.69) is 0 Å². The minimum Gasteiger partial charge on any atom is -0.460 e. The van der Waals surface area contributed by atoms with E-state index in [9.17, 15) is 13.2 Å². The van der Waals surface area contributed by atoms with Crippen molar-refractivity contribution in [3.8, 4) is 0 Å². The van der Waals surface area contributed by atoms with Crippen LogP contribution in [0.2, 0.25) is 0 Å². The fraction of sp³-hybridized carbons (Fsp3) is 0.462. The van der Waals surface area contributed by atoms with Crippen molar-refractivity contribution in [1.82, 2.24) is 4.31 Å². The molecule has 1 aliphatic heterocycles. The van der Waals surface area contributed by atoms with Crippen molar-refractivity contribution in [3.63, 3.8) is 0 Å². The molecule has 1 atom stereocenters. The molecule has 5 nitrogen and oxygen atoms in total. The van der Waals surface area contributed by atoms with Crippen molar-refractivity contribution in [2.75, 3.05) is 6.54 Å². The highest BCUT2D eigenvalue weighted by molar-refractivity contribution is 8.11. The Kier molecular flexibility index (Phi) is 5.01. The third-order valence-corrected chi connectivity index (χ3v) is 4.76. The molecule has 1 aromatic rings. The molecular formula is C13H16ClNO4S. The first-order chi connectivity index (χ1) is 9.48. The second-order valence-electron chi connectivity index (χ2n) is 4.66. The van der Waals surface area contributed by atoms with Gasteiger partial charge in [0.05, 0.1) is 0 Å². The van der Waals surface area contributed by atoms with Gasteiger partial charge in [0, 0.05) is 17.2 Å². The molecule has 7 heteroatoms. The van der Waals surface area contributed by atoms with E-state index in [1.165, 1.54) is 0 Å². The molecule has 1 saturated heterocycles. The molecule has 0 aromatic heterocycles. The quantitative estimate of drug-likeness (QED) is 0.630. The average Bonchev–Trinajstić information content (AvgIpc) is 2.45. The SMILES string of the molecule is O=C(OCc1ccccc1)C1CCCCN1S(=O)(=O)Cl. The largest absolute Gasteiger partial charge is 0.460 e. The van der Waals surface area contributed by atoms with Gasteiger partial charge in [-0.25, -0.2) is 0 Å². The number of nitrogens with zero attached hydrogens (tertiary/aromatic N) is 1. The van der Waals surface area contributed by atoms with Crippen molar-refractivity contribution < 1.29 is 17.9 Å². The first kappa shape index (κ1) is 15.3. The average molecular weight is 318 g/mol. The number of carbonyl (C=O) groups excluding carboxylic acids is 1. The predicted molar refractivity (Wildman–Crippen MR) is 75.4 cm³/mol. The van der Waals surface area contributed by atoms with E-state index in [4.69, 9.17) is 15.4 Å². The van der Waals surface area contributed by atoms with Crippen LogP contribution in [0.1, 0.15) is 24.8 Å². The van der Waals surface area contributed by atoms with Crippen molar-refractivity contribution >= 4 is 25.9 Å². The summed E-state index contributed by atoms with van der Waals surface area (Å²) in [6.45, 7) is 0.392. The highest BCUT2D eigenvalue weighted by Gasteiger charge is 2.36. The third kappa shape index (κ3) is 3.94. The molecule has 2 rings (SSSR count). The van der Waals surface area contributed by atoms with Gasteiger partial charge < -0.3 is 4.74 Å². The molecular weight excluding hydrogens is 302 g/mol. The Morgan fingerprint density at radius 1 is 1.30 bits per heavy atom. The third-order valence-electron chi connectivity index (χ3n) is 3.23.